The summed E-state index contributed by atoms with van der Waals surface area (Å²) in [7, 11) is 0. The first-order valence-electron chi connectivity index (χ1n) is 6.52. The Hall–Kier alpha value is -1.02. The third-order valence-corrected chi connectivity index (χ3v) is 4.29. The molecule has 1 atom stereocenters. The van der Waals surface area contributed by atoms with E-state index in [2.05, 4.69) is 31.4 Å². The van der Waals surface area contributed by atoms with Crippen LogP contribution in [-0.2, 0) is 6.42 Å². The number of oxime groups is 1. The predicted molar refractivity (Wildman–Crippen MR) is 91.3 cm³/mol. The van der Waals surface area contributed by atoms with Crippen LogP contribution < -0.4 is 5.32 Å². The van der Waals surface area contributed by atoms with Crippen molar-refractivity contribution in [1.29, 1.82) is 0 Å². The van der Waals surface area contributed by atoms with Crippen LogP contribution in [0, 0.1) is 0 Å². The molecule has 0 radical (unpaired) electrons. The van der Waals surface area contributed by atoms with Crippen molar-refractivity contribution < 1.29 is 10.3 Å². The van der Waals surface area contributed by atoms with Gasteiger partial charge in [0.05, 0.1) is 0 Å². The van der Waals surface area contributed by atoms with Gasteiger partial charge in [-0.15, -0.1) is 0 Å². The van der Waals surface area contributed by atoms with Crippen molar-refractivity contribution in [3.8, 4) is 0 Å². The molecule has 114 valence electrons. The molecule has 1 aromatic heterocycles. The number of H-pyrrole nitrogens is 1. The molecule has 0 saturated heterocycles. The lowest BCUT2D eigenvalue weighted by Gasteiger charge is -2.13. The van der Waals surface area contributed by atoms with Gasteiger partial charge in [-0.3, -0.25) is 5.32 Å². The summed E-state index contributed by atoms with van der Waals surface area (Å²) in [5.41, 5.74) is 2.29. The van der Waals surface area contributed by atoms with Crippen LogP contribution in [-0.4, -0.2) is 45.8 Å². The minimum Gasteiger partial charge on any atom is -0.411 e. The maximum Gasteiger partial charge on any atom is 0.147 e. The molecule has 5 nitrogen and oxygen atoms in total. The quantitative estimate of drug-likeness (QED) is 0.198. The number of fused-ring (bicyclic) bond motifs is 1. The van der Waals surface area contributed by atoms with Gasteiger partial charge in [-0.05, 0) is 24.0 Å². The number of hydrogen-bond donors (Lipinski definition) is 4. The van der Waals surface area contributed by atoms with Crippen LogP contribution in [0.4, 0.5) is 0 Å². The number of hydrogen-bond acceptors (Lipinski definition) is 5. The normalized spacial score (nSPS) is 13.8. The summed E-state index contributed by atoms with van der Waals surface area (Å²) < 4.78 is 0.998. The molecule has 2 aromatic rings. The van der Waals surface area contributed by atoms with Crippen molar-refractivity contribution in [3.63, 3.8) is 0 Å². The molecule has 1 aromatic carbocycles. The second-order valence-electron chi connectivity index (χ2n) is 4.62. The van der Waals surface area contributed by atoms with Crippen molar-refractivity contribution >= 4 is 44.3 Å². The molecule has 0 aliphatic carbocycles. The molecule has 0 amide bonds. The van der Waals surface area contributed by atoms with Crippen molar-refractivity contribution in [2.45, 2.75) is 12.6 Å². The summed E-state index contributed by atoms with van der Waals surface area (Å²) in [6.07, 6.45) is 3.31. The number of aliphatic hydroxyl groups is 1. The van der Waals surface area contributed by atoms with Gasteiger partial charge >= 0.3 is 0 Å². The van der Waals surface area contributed by atoms with Crippen LogP contribution >= 0.6 is 27.7 Å². The highest BCUT2D eigenvalue weighted by Crippen LogP contribution is 2.23. The van der Waals surface area contributed by atoms with Crippen LogP contribution in [0.2, 0.25) is 0 Å². The molecule has 0 fully saturated rings. The van der Waals surface area contributed by atoms with Crippen LogP contribution in [0.3, 0.4) is 0 Å². The Morgan fingerprint density at radius 1 is 1.52 bits per heavy atom. The van der Waals surface area contributed by atoms with Crippen molar-refractivity contribution in [2.24, 2.45) is 5.16 Å². The topological polar surface area (TPSA) is 80.6 Å². The molecule has 1 unspecified atom stereocenters. The fourth-order valence-corrected chi connectivity index (χ4v) is 2.79. The van der Waals surface area contributed by atoms with Gasteiger partial charge < -0.3 is 15.3 Å². The molecule has 0 spiro atoms. The lowest BCUT2D eigenvalue weighted by molar-refractivity contribution is 0.196. The van der Waals surface area contributed by atoms with Crippen molar-refractivity contribution in [2.75, 3.05) is 18.6 Å². The summed E-state index contributed by atoms with van der Waals surface area (Å²) >= 11 is 5.12. The Morgan fingerprint density at radius 2 is 2.33 bits per heavy atom. The molecular weight excluding hydrogens is 354 g/mol. The Kier molecular flexibility index (Phi) is 6.10. The number of halogens is 1. The van der Waals surface area contributed by atoms with E-state index in [1.807, 2.05) is 30.7 Å². The molecule has 1 heterocycles. The Bertz CT molecular complexity index is 630. The number of aliphatic hydroxyl groups excluding tert-OH is 1. The molecule has 21 heavy (non-hydrogen) atoms. The molecule has 0 aliphatic rings. The predicted octanol–water partition coefficient (Wildman–Crippen LogP) is 2.57. The van der Waals surface area contributed by atoms with E-state index < -0.39 is 6.23 Å². The van der Waals surface area contributed by atoms with E-state index in [9.17, 15) is 5.11 Å². The number of benzene rings is 1. The fourth-order valence-electron chi connectivity index (χ4n) is 2.10. The lowest BCUT2D eigenvalue weighted by atomic mass is 10.1. The van der Waals surface area contributed by atoms with E-state index in [-0.39, 0.29) is 0 Å². The highest BCUT2D eigenvalue weighted by Gasteiger charge is 2.15. The first-order valence-corrected chi connectivity index (χ1v) is 8.71. The highest BCUT2D eigenvalue weighted by atomic mass is 79.9. The molecule has 2 rings (SSSR count). The summed E-state index contributed by atoms with van der Waals surface area (Å²) in [6.45, 7) is 0.655. The lowest BCUT2D eigenvalue weighted by Crippen LogP contribution is -2.38. The van der Waals surface area contributed by atoms with Gasteiger partial charge in [-0.2, -0.15) is 11.8 Å². The van der Waals surface area contributed by atoms with E-state index in [1.165, 1.54) is 0 Å². The van der Waals surface area contributed by atoms with Gasteiger partial charge in [0.1, 0.15) is 11.9 Å². The number of aromatic nitrogens is 1. The standard InChI is InChI=1S/C14H18BrN3O2S/c1-21-5-4-16-14(19)13(18-20)6-9-8-17-12-7-10(15)2-3-11(9)12/h2-3,7-8,14,16-17,19-20H,4-6H2,1H3/b18-13+. The largest absolute Gasteiger partial charge is 0.411 e. The second kappa shape index (κ2) is 7.84. The number of thioether (sulfide) groups is 1. The highest BCUT2D eigenvalue weighted by molar-refractivity contribution is 9.10. The van der Waals surface area contributed by atoms with Gasteiger partial charge in [-0.25, -0.2) is 0 Å². The number of nitrogens with zero attached hydrogens (tertiary/aromatic N) is 1. The average molecular weight is 372 g/mol. The summed E-state index contributed by atoms with van der Waals surface area (Å²) in [5.74, 6) is 0.886. The third kappa shape index (κ3) is 4.23. The zero-order valence-corrected chi connectivity index (χ0v) is 14.0. The van der Waals surface area contributed by atoms with E-state index in [0.29, 0.717) is 18.7 Å². The van der Waals surface area contributed by atoms with E-state index >= 15 is 0 Å². The first-order chi connectivity index (χ1) is 10.2. The van der Waals surface area contributed by atoms with Gasteiger partial charge in [0.2, 0.25) is 0 Å². The minimum absolute atomic E-state index is 0.305. The van der Waals surface area contributed by atoms with Gasteiger partial charge in [0, 0.05) is 40.3 Å². The zero-order valence-electron chi connectivity index (χ0n) is 11.6. The number of rotatable bonds is 7. The van der Waals surface area contributed by atoms with Crippen LogP contribution in [0.5, 0.6) is 0 Å². The molecule has 4 N–H and O–H groups in total. The summed E-state index contributed by atoms with van der Waals surface area (Å²) in [4.78, 5) is 3.18. The number of nitrogens with one attached hydrogen (secondary N) is 2. The van der Waals surface area contributed by atoms with Gasteiger partial charge in [0.15, 0.2) is 0 Å². The summed E-state index contributed by atoms with van der Waals surface area (Å²) in [5, 5.41) is 26.4. The maximum atomic E-state index is 10.0. The summed E-state index contributed by atoms with van der Waals surface area (Å²) in [6, 6.07) is 5.94. The molecule has 0 aliphatic heterocycles. The third-order valence-electron chi connectivity index (χ3n) is 3.19. The average Bonchev–Trinajstić information content (AvgIpc) is 2.86. The molecule has 7 heteroatoms. The Labute approximate surface area is 135 Å². The fraction of sp³-hybridized carbons (Fsp3) is 0.357. The second-order valence-corrected chi connectivity index (χ2v) is 6.52. The SMILES string of the molecule is CSCCNC(O)/C(Cc1c[nH]c2cc(Br)ccc12)=N/O. The van der Waals surface area contributed by atoms with E-state index in [0.717, 1.165) is 26.7 Å². The van der Waals surface area contributed by atoms with Crippen LogP contribution in [0.1, 0.15) is 5.56 Å². The molecule has 0 saturated carbocycles. The van der Waals surface area contributed by atoms with Gasteiger partial charge in [-0.1, -0.05) is 27.2 Å². The van der Waals surface area contributed by atoms with Crippen LogP contribution in [0.25, 0.3) is 10.9 Å². The Morgan fingerprint density at radius 3 is 3.05 bits per heavy atom. The monoisotopic (exact) mass is 371 g/mol. The number of aromatic amines is 1. The first kappa shape index (κ1) is 16.4. The molecule has 0 bridgehead atoms. The minimum atomic E-state index is -0.942. The van der Waals surface area contributed by atoms with Crippen molar-refractivity contribution in [3.05, 3.63) is 34.4 Å². The van der Waals surface area contributed by atoms with E-state index in [1.54, 1.807) is 11.8 Å². The zero-order chi connectivity index (χ0) is 15.2. The van der Waals surface area contributed by atoms with Gasteiger partial charge in [0.25, 0.3) is 0 Å². The Balaban J connectivity index is 2.10. The van der Waals surface area contributed by atoms with E-state index in [4.69, 9.17) is 5.21 Å². The smallest absolute Gasteiger partial charge is 0.147 e. The van der Waals surface area contributed by atoms with Crippen molar-refractivity contribution in [1.82, 2.24) is 10.3 Å². The molecular formula is C14H18BrN3O2S. The maximum absolute atomic E-state index is 10.0. The van der Waals surface area contributed by atoms with Crippen LogP contribution in [0.15, 0.2) is 34.0 Å².